The van der Waals surface area contributed by atoms with E-state index in [1.165, 1.54) is 16.7 Å². The van der Waals surface area contributed by atoms with Crippen LogP contribution < -0.4 is 0 Å². The Labute approximate surface area is 246 Å². The first-order chi connectivity index (χ1) is 15.9. The maximum Gasteiger partial charge on any atom is 1.00 e. The first-order valence-corrected chi connectivity index (χ1v) is 12.8. The molecule has 7 heteroatoms. The molecule has 0 radical (unpaired) electrons. The van der Waals surface area contributed by atoms with Crippen LogP contribution >= 0.6 is 63.7 Å². The Morgan fingerprint density at radius 2 is 1.03 bits per heavy atom. The van der Waals surface area contributed by atoms with Gasteiger partial charge in [0.25, 0.3) is 0 Å². The molecule has 0 saturated heterocycles. The van der Waals surface area contributed by atoms with E-state index in [1.54, 1.807) is 6.07 Å². The quantitative estimate of drug-likeness (QED) is 0.151. The van der Waals surface area contributed by atoms with E-state index in [0.717, 1.165) is 29.0 Å². The van der Waals surface area contributed by atoms with Crippen molar-refractivity contribution in [2.45, 2.75) is 6.92 Å². The van der Waals surface area contributed by atoms with Gasteiger partial charge in [-0.2, -0.15) is 5.26 Å². The Morgan fingerprint density at radius 3 is 1.50 bits per heavy atom. The average molecular weight is 755 g/mol. The van der Waals surface area contributed by atoms with Gasteiger partial charge >= 0.3 is 17.1 Å². The van der Waals surface area contributed by atoms with Gasteiger partial charge in [-0.1, -0.05) is 118 Å². The molecular weight excluding hydrogens is 735 g/mol. The summed E-state index contributed by atoms with van der Waals surface area (Å²) in [5, 5.41) is 15.1. The van der Waals surface area contributed by atoms with Crippen LogP contribution in [0.1, 0.15) is 12.6 Å². The molecule has 176 valence electrons. The summed E-state index contributed by atoms with van der Waals surface area (Å²) in [6.07, 6.45) is 0. The monoisotopic (exact) mass is 750 g/mol. The molecule has 0 atom stereocenters. The number of nitriles is 1. The number of aryl methyl sites for hydroxylation is 1. The molecule has 0 aromatic heterocycles. The molecule has 0 saturated carbocycles. The minimum absolute atomic E-state index is 0. The van der Waals surface area contributed by atoms with Crippen molar-refractivity contribution in [3.63, 3.8) is 0 Å². The van der Waals surface area contributed by atoms with Gasteiger partial charge in [0.15, 0.2) is 0 Å². The van der Waals surface area contributed by atoms with Crippen LogP contribution in [0.25, 0.3) is 22.3 Å². The Hall–Kier alpha value is -1.70. The van der Waals surface area contributed by atoms with E-state index in [0.29, 0.717) is 5.56 Å². The molecular formula is C27H19Br4CuN2. The predicted octanol–water partition coefficient (Wildman–Crippen LogP) is 10.3. The minimum atomic E-state index is 0. The summed E-state index contributed by atoms with van der Waals surface area (Å²) in [5.74, 6) is 0. The maximum absolute atomic E-state index is 8.89. The van der Waals surface area contributed by atoms with Crippen LogP contribution in [0, 0.1) is 30.1 Å². The Bertz CT molecular complexity index is 1320. The van der Waals surface area contributed by atoms with Gasteiger partial charge in [0.1, 0.15) is 0 Å². The third-order valence-electron chi connectivity index (χ3n) is 4.55. The Kier molecular flexibility index (Phi) is 13.7. The first-order valence-electron chi connectivity index (χ1n) is 9.58. The molecule has 0 aliphatic heterocycles. The zero-order chi connectivity index (χ0) is 24.4. The van der Waals surface area contributed by atoms with Crippen molar-refractivity contribution in [2.24, 2.45) is 0 Å². The molecule has 0 spiro atoms. The first kappa shape index (κ1) is 30.3. The van der Waals surface area contributed by atoms with Gasteiger partial charge in [0.2, 0.25) is 0 Å². The largest absolute Gasteiger partial charge is 1.00 e. The molecule has 4 aromatic carbocycles. The molecule has 4 aromatic rings. The number of hydrogen-bond acceptors (Lipinski definition) is 2. The van der Waals surface area contributed by atoms with Crippen molar-refractivity contribution < 1.29 is 18.5 Å². The molecule has 0 bridgehead atoms. The molecule has 0 aliphatic rings. The summed E-state index contributed by atoms with van der Waals surface area (Å²) < 4.78 is 4.25. The van der Waals surface area contributed by atoms with Gasteiger partial charge < -0.3 is 11.8 Å². The fourth-order valence-electron chi connectivity index (χ4n) is 3.01. The van der Waals surface area contributed by atoms with E-state index in [9.17, 15) is 0 Å². The van der Waals surface area contributed by atoms with Gasteiger partial charge in [0.05, 0.1) is 11.6 Å². The average Bonchev–Trinajstić information content (AvgIpc) is 2.84. The molecule has 0 amide bonds. The predicted molar refractivity (Wildman–Crippen MR) is 151 cm³/mol. The van der Waals surface area contributed by atoms with E-state index in [1.807, 2.05) is 42.5 Å². The van der Waals surface area contributed by atoms with Crippen molar-refractivity contribution in [1.29, 1.82) is 10.5 Å². The van der Waals surface area contributed by atoms with Gasteiger partial charge in [-0.25, -0.2) is 0 Å². The van der Waals surface area contributed by atoms with Crippen molar-refractivity contribution in [1.82, 2.24) is 0 Å². The molecule has 0 unspecified atom stereocenters. The maximum atomic E-state index is 8.89. The number of benzene rings is 4. The summed E-state index contributed by atoms with van der Waals surface area (Å²) in [6, 6.07) is 30.3. The molecule has 4 rings (SSSR count). The van der Waals surface area contributed by atoms with Gasteiger partial charge in [0, 0.05) is 19.3 Å². The number of nitrogens with zero attached hydrogens (tertiary/aromatic N) is 2. The molecule has 0 fully saturated rings. The van der Waals surface area contributed by atoms with Crippen LogP contribution in [0.5, 0.6) is 0 Å². The fraction of sp³-hybridized carbons (Fsp3) is 0.0370. The molecule has 34 heavy (non-hydrogen) atoms. The van der Waals surface area contributed by atoms with E-state index < -0.39 is 0 Å². The van der Waals surface area contributed by atoms with Crippen LogP contribution in [0.2, 0.25) is 0 Å². The molecule has 0 N–H and O–H groups in total. The summed E-state index contributed by atoms with van der Waals surface area (Å²) in [5.41, 5.74) is 6.46. The van der Waals surface area contributed by atoms with Crippen LogP contribution in [-0.4, -0.2) is 0 Å². The minimum Gasteiger partial charge on any atom is -0.512 e. The number of rotatable bonds is 2. The summed E-state index contributed by atoms with van der Waals surface area (Å²) in [7, 11) is 0. The second-order valence-corrected chi connectivity index (χ2v) is 10.2. The van der Waals surface area contributed by atoms with E-state index in [-0.39, 0.29) is 18.5 Å². The number of halogens is 4. The molecule has 2 nitrogen and oxygen atoms in total. The van der Waals surface area contributed by atoms with Crippen LogP contribution in [0.3, 0.4) is 0 Å². The second-order valence-electron chi connectivity index (χ2n) is 6.75. The van der Waals surface area contributed by atoms with Crippen LogP contribution in [0.4, 0.5) is 0 Å². The fourth-order valence-corrected chi connectivity index (χ4v) is 4.92. The normalized spacial score (nSPS) is 9.24. The van der Waals surface area contributed by atoms with Crippen molar-refractivity contribution in [2.75, 3.05) is 0 Å². The molecule has 0 aliphatic carbocycles. The zero-order valence-corrected chi connectivity index (χ0v) is 25.1. The van der Waals surface area contributed by atoms with E-state index >= 15 is 0 Å². The Morgan fingerprint density at radius 1 is 0.618 bits per heavy atom. The van der Waals surface area contributed by atoms with Crippen LogP contribution in [0.15, 0.2) is 103 Å². The molecule has 0 heterocycles. The number of hydrogen-bond donors (Lipinski definition) is 0. The van der Waals surface area contributed by atoms with Crippen molar-refractivity contribution in [3.05, 3.63) is 121 Å². The van der Waals surface area contributed by atoms with Crippen LogP contribution in [-0.2, 0) is 17.1 Å². The summed E-state index contributed by atoms with van der Waals surface area (Å²) in [6.45, 7) is 6.85. The smallest absolute Gasteiger partial charge is 0.512 e. The third kappa shape index (κ3) is 8.21. The van der Waals surface area contributed by atoms with Gasteiger partial charge in [-0.05, 0) is 65.6 Å². The SMILES string of the molecule is Cc1ccc(Br)c(-c2ccccc2Br)c1.N#Cc1ccc(Br)c(-c2ccccc2Br)c1.[C-]#N.[Cu+].[HH]. The standard InChI is InChI=1S/C13H7Br2N.C13H10Br2.CN.Cu.H2/c14-12-4-2-1-3-10(12)11-7-9(8-16)5-6-13(11)15;1-9-6-7-13(15)11(8-9)10-4-2-3-5-12(10)14;1-2;;/h1-7H;2-8H,1H3;;;1H/q;;-1;+1;. The second kappa shape index (κ2) is 15.3. The third-order valence-corrected chi connectivity index (χ3v) is 7.31. The zero-order valence-electron chi connectivity index (χ0n) is 17.8. The summed E-state index contributed by atoms with van der Waals surface area (Å²) >= 11 is 14.2. The summed E-state index contributed by atoms with van der Waals surface area (Å²) in [4.78, 5) is 0. The van der Waals surface area contributed by atoms with Gasteiger partial charge in [-0.15, -0.1) is 0 Å². The van der Waals surface area contributed by atoms with Crippen molar-refractivity contribution in [3.8, 4) is 28.3 Å². The van der Waals surface area contributed by atoms with Gasteiger partial charge in [-0.3, -0.25) is 0 Å². The Balaban J connectivity index is 0.000000587. The van der Waals surface area contributed by atoms with Crippen molar-refractivity contribution >= 4 is 63.7 Å². The van der Waals surface area contributed by atoms with E-state index in [2.05, 4.69) is 113 Å². The topological polar surface area (TPSA) is 47.6 Å². The van der Waals surface area contributed by atoms with E-state index in [4.69, 9.17) is 17.1 Å².